The van der Waals surface area contributed by atoms with E-state index in [0.29, 0.717) is 6.54 Å². The fraction of sp³-hybridized carbons (Fsp3) is 0.412. The Morgan fingerprint density at radius 1 is 1.13 bits per heavy atom. The molecule has 1 saturated heterocycles. The van der Waals surface area contributed by atoms with Gasteiger partial charge in [0.1, 0.15) is 6.54 Å². The van der Waals surface area contributed by atoms with Crippen molar-refractivity contribution in [1.29, 1.82) is 0 Å². The Morgan fingerprint density at radius 3 is 2.35 bits per heavy atom. The van der Waals surface area contributed by atoms with Crippen LogP contribution in [0.15, 0.2) is 30.3 Å². The molecule has 3 rings (SSSR count). The van der Waals surface area contributed by atoms with Crippen molar-refractivity contribution in [2.45, 2.75) is 20.4 Å². The van der Waals surface area contributed by atoms with E-state index in [-0.39, 0.29) is 5.91 Å². The number of benzene rings is 1. The molecule has 5 nitrogen and oxygen atoms in total. The molecule has 1 amide bonds. The standard InChI is InChI=1S/C17H21ClN4O/c1-13-11-14(2)22(19-13)12-17(23)21-9-7-20(8-10-21)16-5-3-15(18)4-6-16/h3-6,11H,7-10,12H2,1-2H3. The summed E-state index contributed by atoms with van der Waals surface area (Å²) in [7, 11) is 0. The summed E-state index contributed by atoms with van der Waals surface area (Å²) < 4.78 is 1.78. The van der Waals surface area contributed by atoms with Gasteiger partial charge < -0.3 is 9.80 Å². The van der Waals surface area contributed by atoms with Gasteiger partial charge in [-0.1, -0.05) is 11.6 Å². The highest BCUT2D eigenvalue weighted by atomic mass is 35.5. The molecular formula is C17H21ClN4O. The highest BCUT2D eigenvalue weighted by molar-refractivity contribution is 6.30. The van der Waals surface area contributed by atoms with Gasteiger partial charge in [0.15, 0.2) is 0 Å². The van der Waals surface area contributed by atoms with Crippen LogP contribution in [0.1, 0.15) is 11.4 Å². The number of rotatable bonds is 3. The quantitative estimate of drug-likeness (QED) is 0.867. The van der Waals surface area contributed by atoms with Gasteiger partial charge in [-0.3, -0.25) is 9.48 Å². The van der Waals surface area contributed by atoms with Crippen molar-refractivity contribution in [3.63, 3.8) is 0 Å². The smallest absolute Gasteiger partial charge is 0.244 e. The monoisotopic (exact) mass is 332 g/mol. The van der Waals surface area contributed by atoms with Gasteiger partial charge in [0, 0.05) is 42.6 Å². The van der Waals surface area contributed by atoms with Gasteiger partial charge in [-0.15, -0.1) is 0 Å². The molecule has 0 N–H and O–H groups in total. The number of carbonyl (C=O) groups excluding carboxylic acids is 1. The summed E-state index contributed by atoms with van der Waals surface area (Å²) in [4.78, 5) is 16.6. The molecule has 0 bridgehead atoms. The highest BCUT2D eigenvalue weighted by Gasteiger charge is 2.22. The van der Waals surface area contributed by atoms with Crippen molar-refractivity contribution in [3.05, 3.63) is 46.7 Å². The number of hydrogen-bond acceptors (Lipinski definition) is 3. The maximum Gasteiger partial charge on any atom is 0.244 e. The van der Waals surface area contributed by atoms with Crippen LogP contribution in [0.25, 0.3) is 0 Å². The lowest BCUT2D eigenvalue weighted by molar-refractivity contribution is -0.132. The fourth-order valence-electron chi connectivity index (χ4n) is 2.93. The first-order valence-corrected chi connectivity index (χ1v) is 8.20. The fourth-order valence-corrected chi connectivity index (χ4v) is 3.06. The lowest BCUT2D eigenvalue weighted by Gasteiger charge is -2.36. The average Bonchev–Trinajstić information content (AvgIpc) is 2.86. The van der Waals surface area contributed by atoms with Crippen molar-refractivity contribution in [3.8, 4) is 0 Å². The maximum atomic E-state index is 12.4. The van der Waals surface area contributed by atoms with Crippen molar-refractivity contribution in [2.75, 3.05) is 31.1 Å². The molecule has 0 aliphatic carbocycles. The second-order valence-corrected chi connectivity index (χ2v) is 6.37. The van der Waals surface area contributed by atoms with Crippen LogP contribution in [-0.4, -0.2) is 46.8 Å². The Labute approximate surface area is 141 Å². The van der Waals surface area contributed by atoms with Crippen LogP contribution < -0.4 is 4.90 Å². The van der Waals surface area contributed by atoms with E-state index in [1.807, 2.05) is 49.1 Å². The predicted molar refractivity (Wildman–Crippen MR) is 91.9 cm³/mol. The number of hydrogen-bond donors (Lipinski definition) is 0. The Kier molecular flexibility index (Phi) is 4.57. The van der Waals surface area contributed by atoms with E-state index in [0.717, 1.165) is 48.3 Å². The summed E-state index contributed by atoms with van der Waals surface area (Å²) in [5.74, 6) is 0.131. The Balaban J connectivity index is 1.57. The summed E-state index contributed by atoms with van der Waals surface area (Å²) in [5, 5.41) is 5.11. The largest absolute Gasteiger partial charge is 0.368 e. The molecule has 122 valence electrons. The zero-order valence-corrected chi connectivity index (χ0v) is 14.3. The third-order valence-electron chi connectivity index (χ3n) is 4.21. The summed E-state index contributed by atoms with van der Waals surface area (Å²) in [6, 6.07) is 9.84. The van der Waals surface area contributed by atoms with Crippen LogP contribution in [0.2, 0.25) is 5.02 Å². The number of carbonyl (C=O) groups is 1. The molecular weight excluding hydrogens is 312 g/mol. The highest BCUT2D eigenvalue weighted by Crippen LogP contribution is 2.19. The summed E-state index contributed by atoms with van der Waals surface area (Å²) in [6.45, 7) is 7.39. The zero-order valence-electron chi connectivity index (χ0n) is 13.5. The van der Waals surface area contributed by atoms with Crippen LogP contribution in [0.3, 0.4) is 0 Å². The number of nitrogens with zero attached hydrogens (tertiary/aromatic N) is 4. The van der Waals surface area contributed by atoms with Crippen molar-refractivity contribution in [1.82, 2.24) is 14.7 Å². The second kappa shape index (κ2) is 6.62. The molecule has 1 fully saturated rings. The van der Waals surface area contributed by atoms with Gasteiger partial charge in [0.2, 0.25) is 5.91 Å². The lowest BCUT2D eigenvalue weighted by atomic mass is 10.2. The van der Waals surface area contributed by atoms with Gasteiger partial charge in [0.25, 0.3) is 0 Å². The van der Waals surface area contributed by atoms with E-state index in [9.17, 15) is 4.79 Å². The van der Waals surface area contributed by atoms with E-state index < -0.39 is 0 Å². The summed E-state index contributed by atoms with van der Waals surface area (Å²) >= 11 is 5.93. The van der Waals surface area contributed by atoms with E-state index in [4.69, 9.17) is 11.6 Å². The molecule has 6 heteroatoms. The zero-order chi connectivity index (χ0) is 16.4. The number of anilines is 1. The van der Waals surface area contributed by atoms with Crippen LogP contribution in [0.4, 0.5) is 5.69 Å². The van der Waals surface area contributed by atoms with Crippen molar-refractivity contribution in [2.24, 2.45) is 0 Å². The number of piperazine rings is 1. The van der Waals surface area contributed by atoms with Gasteiger partial charge in [0.05, 0.1) is 5.69 Å². The number of amides is 1. The van der Waals surface area contributed by atoms with E-state index in [2.05, 4.69) is 10.00 Å². The molecule has 2 heterocycles. The van der Waals surface area contributed by atoms with E-state index >= 15 is 0 Å². The molecule has 0 saturated carbocycles. The first-order valence-electron chi connectivity index (χ1n) is 7.82. The van der Waals surface area contributed by atoms with Crippen LogP contribution in [0.5, 0.6) is 0 Å². The Bertz CT molecular complexity index is 687. The average molecular weight is 333 g/mol. The third-order valence-corrected chi connectivity index (χ3v) is 4.46. The van der Waals surface area contributed by atoms with E-state index in [1.165, 1.54) is 0 Å². The van der Waals surface area contributed by atoms with Gasteiger partial charge in [-0.2, -0.15) is 5.10 Å². The molecule has 0 radical (unpaired) electrons. The van der Waals surface area contributed by atoms with Crippen molar-refractivity contribution >= 4 is 23.2 Å². The molecule has 23 heavy (non-hydrogen) atoms. The molecule has 2 aromatic rings. The van der Waals surface area contributed by atoms with Crippen LogP contribution in [-0.2, 0) is 11.3 Å². The third kappa shape index (κ3) is 3.67. The normalized spacial score (nSPS) is 15.1. The minimum Gasteiger partial charge on any atom is -0.368 e. The first kappa shape index (κ1) is 15.9. The molecule has 1 aromatic heterocycles. The number of aromatic nitrogens is 2. The number of halogens is 1. The summed E-state index contributed by atoms with van der Waals surface area (Å²) in [6.07, 6.45) is 0. The number of aryl methyl sites for hydroxylation is 2. The minimum atomic E-state index is 0.131. The lowest BCUT2D eigenvalue weighted by Crippen LogP contribution is -2.49. The van der Waals surface area contributed by atoms with Crippen LogP contribution >= 0.6 is 11.6 Å². The molecule has 0 spiro atoms. The minimum absolute atomic E-state index is 0.131. The molecule has 1 aliphatic rings. The molecule has 1 aliphatic heterocycles. The first-order chi connectivity index (χ1) is 11.0. The topological polar surface area (TPSA) is 41.4 Å². The maximum absolute atomic E-state index is 12.4. The van der Waals surface area contributed by atoms with Gasteiger partial charge in [-0.05, 0) is 44.2 Å². The predicted octanol–water partition coefficient (Wildman–Crippen LogP) is 2.50. The molecule has 0 atom stereocenters. The van der Waals surface area contributed by atoms with E-state index in [1.54, 1.807) is 4.68 Å². The van der Waals surface area contributed by atoms with Crippen molar-refractivity contribution < 1.29 is 4.79 Å². The molecule has 0 unspecified atom stereocenters. The van der Waals surface area contributed by atoms with Gasteiger partial charge in [-0.25, -0.2) is 0 Å². The van der Waals surface area contributed by atoms with Gasteiger partial charge >= 0.3 is 0 Å². The molecule has 1 aromatic carbocycles. The Hall–Kier alpha value is -2.01. The summed E-state index contributed by atoms with van der Waals surface area (Å²) in [5.41, 5.74) is 3.12. The Morgan fingerprint density at radius 2 is 1.78 bits per heavy atom. The second-order valence-electron chi connectivity index (χ2n) is 5.93. The SMILES string of the molecule is Cc1cc(C)n(CC(=O)N2CCN(c3ccc(Cl)cc3)CC2)n1. The van der Waals surface area contributed by atoms with Crippen LogP contribution in [0, 0.1) is 13.8 Å².